The molecule has 21 heavy (non-hydrogen) atoms. The molecule has 1 aromatic heterocycles. The second-order valence-electron chi connectivity index (χ2n) is 5.28. The Bertz CT molecular complexity index is 490. The van der Waals surface area contributed by atoms with Crippen molar-refractivity contribution in [3.8, 4) is 0 Å². The highest BCUT2D eigenvalue weighted by atomic mass is 32.2. The molecule has 0 unspecified atom stereocenters. The van der Waals surface area contributed by atoms with Crippen LogP contribution < -0.4 is 16.4 Å². The summed E-state index contributed by atoms with van der Waals surface area (Å²) < 4.78 is 0.680. The van der Waals surface area contributed by atoms with Gasteiger partial charge >= 0.3 is 6.03 Å². The molecule has 7 nitrogen and oxygen atoms in total. The molecule has 0 fully saturated rings. The molecule has 0 saturated heterocycles. The predicted molar refractivity (Wildman–Crippen MR) is 85.4 cm³/mol. The lowest BCUT2D eigenvalue weighted by Gasteiger charge is -2.16. The first-order valence-electron chi connectivity index (χ1n) is 6.64. The number of imide groups is 1. The minimum atomic E-state index is -0.845. The van der Waals surface area contributed by atoms with Crippen LogP contribution >= 0.6 is 23.1 Å². The van der Waals surface area contributed by atoms with Gasteiger partial charge in [-0.1, -0.05) is 50.8 Å². The number of nitrogens with zero attached hydrogens (tertiary/aromatic N) is 2. The number of amides is 3. The largest absolute Gasteiger partial charge is 0.360 e. The van der Waals surface area contributed by atoms with Crippen molar-refractivity contribution in [1.29, 1.82) is 0 Å². The molecular weight excluding hydrogens is 310 g/mol. The van der Waals surface area contributed by atoms with Gasteiger partial charge in [-0.15, -0.1) is 10.2 Å². The fraction of sp³-hybridized carbons (Fsp3) is 0.667. The van der Waals surface area contributed by atoms with Crippen LogP contribution in [0.3, 0.4) is 0 Å². The van der Waals surface area contributed by atoms with Gasteiger partial charge in [0.1, 0.15) is 0 Å². The molecule has 0 radical (unpaired) electrons. The van der Waals surface area contributed by atoms with Gasteiger partial charge in [-0.2, -0.15) is 0 Å². The van der Waals surface area contributed by atoms with E-state index in [4.69, 9.17) is 5.73 Å². The maximum absolute atomic E-state index is 11.9. The third kappa shape index (κ3) is 6.30. The second kappa shape index (κ2) is 8.18. The number of hydrogen-bond donors (Lipinski definition) is 3. The zero-order chi connectivity index (χ0) is 16.0. The van der Waals surface area contributed by atoms with E-state index in [1.807, 2.05) is 13.8 Å². The Kier molecular flexibility index (Phi) is 6.90. The highest BCUT2D eigenvalue weighted by Gasteiger charge is 2.26. The van der Waals surface area contributed by atoms with Gasteiger partial charge in [0.25, 0.3) is 0 Å². The number of carbonyl (C=O) groups excluding carboxylic acids is 2. The van der Waals surface area contributed by atoms with Crippen molar-refractivity contribution in [2.75, 3.05) is 11.9 Å². The lowest BCUT2D eigenvalue weighted by atomic mass is 10.1. The van der Waals surface area contributed by atoms with Gasteiger partial charge in [0, 0.05) is 6.54 Å². The molecule has 1 aromatic rings. The van der Waals surface area contributed by atoms with Crippen molar-refractivity contribution in [3.05, 3.63) is 0 Å². The zero-order valence-electron chi connectivity index (χ0n) is 12.5. The molecule has 9 heteroatoms. The van der Waals surface area contributed by atoms with Crippen LogP contribution in [0.2, 0.25) is 0 Å². The van der Waals surface area contributed by atoms with Crippen molar-refractivity contribution in [2.24, 2.45) is 17.6 Å². The van der Waals surface area contributed by atoms with Crippen molar-refractivity contribution < 1.29 is 9.59 Å². The minimum absolute atomic E-state index is 0.0327. The Morgan fingerprint density at radius 2 is 1.95 bits per heavy atom. The smallest absolute Gasteiger partial charge is 0.318 e. The van der Waals surface area contributed by atoms with Crippen LogP contribution in [0.15, 0.2) is 4.34 Å². The summed E-state index contributed by atoms with van der Waals surface area (Å²) in [6.45, 7) is 8.82. The minimum Gasteiger partial charge on any atom is -0.360 e. The Morgan fingerprint density at radius 3 is 2.48 bits per heavy atom. The standard InChI is InChI=1S/C12H21N5O2S2/c1-6(2)5-14-11-16-17-12(21-11)20-8(7(3)4)9(18)15-10(13)19/h6-8H,5H2,1-4H3,(H,14,16)(H3,13,15,18,19)/t8-/m0/s1. The lowest BCUT2D eigenvalue weighted by Crippen LogP contribution is -2.42. The molecule has 1 rings (SSSR count). The molecule has 0 bridgehead atoms. The van der Waals surface area contributed by atoms with E-state index < -0.39 is 17.2 Å². The quantitative estimate of drug-likeness (QED) is 0.658. The van der Waals surface area contributed by atoms with Gasteiger partial charge in [-0.25, -0.2) is 4.79 Å². The molecule has 0 aliphatic rings. The van der Waals surface area contributed by atoms with Crippen LogP contribution in [0.5, 0.6) is 0 Å². The SMILES string of the molecule is CC(C)CNc1nnc(S[C@H](C(=O)NC(N)=O)C(C)C)s1. The van der Waals surface area contributed by atoms with Gasteiger partial charge in [-0.05, 0) is 11.8 Å². The normalized spacial score (nSPS) is 12.5. The summed E-state index contributed by atoms with van der Waals surface area (Å²) >= 11 is 2.68. The fourth-order valence-corrected chi connectivity index (χ4v) is 3.38. The van der Waals surface area contributed by atoms with E-state index in [1.54, 1.807) is 0 Å². The lowest BCUT2D eigenvalue weighted by molar-refractivity contribution is -0.120. The van der Waals surface area contributed by atoms with Crippen LogP contribution in [0.1, 0.15) is 27.7 Å². The number of nitrogens with one attached hydrogen (secondary N) is 2. The highest BCUT2D eigenvalue weighted by Crippen LogP contribution is 2.32. The molecule has 4 N–H and O–H groups in total. The summed E-state index contributed by atoms with van der Waals surface area (Å²) in [5.74, 6) is 0.134. The summed E-state index contributed by atoms with van der Waals surface area (Å²) in [5.41, 5.74) is 4.98. The fourth-order valence-electron chi connectivity index (χ4n) is 1.41. The summed E-state index contributed by atoms with van der Waals surface area (Å²) in [6, 6.07) is -0.845. The number of carbonyl (C=O) groups is 2. The molecule has 0 aromatic carbocycles. The van der Waals surface area contributed by atoms with Crippen LogP contribution in [0.4, 0.5) is 9.93 Å². The third-order valence-electron chi connectivity index (χ3n) is 2.41. The first kappa shape index (κ1) is 17.7. The molecule has 3 amide bonds. The van der Waals surface area contributed by atoms with E-state index in [-0.39, 0.29) is 5.92 Å². The first-order valence-corrected chi connectivity index (χ1v) is 8.33. The number of urea groups is 1. The predicted octanol–water partition coefficient (Wildman–Crippen LogP) is 1.92. The molecular formula is C12H21N5O2S2. The number of thioether (sulfide) groups is 1. The summed E-state index contributed by atoms with van der Waals surface area (Å²) in [6.07, 6.45) is 0. The molecule has 0 saturated carbocycles. The molecule has 0 aliphatic carbocycles. The first-order chi connectivity index (χ1) is 9.79. The summed E-state index contributed by atoms with van der Waals surface area (Å²) in [4.78, 5) is 22.7. The van der Waals surface area contributed by atoms with E-state index in [0.29, 0.717) is 10.3 Å². The Hall–Kier alpha value is -1.35. The van der Waals surface area contributed by atoms with Crippen LogP contribution in [-0.2, 0) is 4.79 Å². The molecule has 118 valence electrons. The Labute approximate surface area is 132 Å². The Balaban J connectivity index is 2.67. The number of hydrogen-bond acceptors (Lipinski definition) is 7. The van der Waals surface area contributed by atoms with Crippen molar-refractivity contribution in [2.45, 2.75) is 37.3 Å². The Morgan fingerprint density at radius 1 is 1.29 bits per heavy atom. The van der Waals surface area contributed by atoms with Crippen molar-refractivity contribution in [1.82, 2.24) is 15.5 Å². The third-order valence-corrected chi connectivity index (χ3v) is 4.92. The maximum Gasteiger partial charge on any atom is 0.318 e. The highest BCUT2D eigenvalue weighted by molar-refractivity contribution is 8.02. The van der Waals surface area contributed by atoms with E-state index in [2.05, 4.69) is 34.7 Å². The molecule has 0 aliphatic heterocycles. The average Bonchev–Trinajstić information content (AvgIpc) is 2.79. The number of rotatable bonds is 7. The number of nitrogens with two attached hydrogens (primary N) is 1. The molecule has 1 heterocycles. The van der Waals surface area contributed by atoms with E-state index in [9.17, 15) is 9.59 Å². The van der Waals surface area contributed by atoms with Gasteiger partial charge in [-0.3, -0.25) is 10.1 Å². The topological polar surface area (TPSA) is 110 Å². The van der Waals surface area contributed by atoms with Gasteiger partial charge in [0.15, 0.2) is 4.34 Å². The average molecular weight is 331 g/mol. The van der Waals surface area contributed by atoms with E-state index in [1.165, 1.54) is 23.1 Å². The van der Waals surface area contributed by atoms with Crippen molar-refractivity contribution in [3.63, 3.8) is 0 Å². The summed E-state index contributed by atoms with van der Waals surface area (Å²) in [5, 5.41) is 13.7. The summed E-state index contributed by atoms with van der Waals surface area (Å²) in [7, 11) is 0. The van der Waals surface area contributed by atoms with Gasteiger partial charge in [0.05, 0.1) is 5.25 Å². The van der Waals surface area contributed by atoms with Crippen molar-refractivity contribution >= 4 is 40.2 Å². The monoisotopic (exact) mass is 331 g/mol. The van der Waals surface area contributed by atoms with E-state index in [0.717, 1.165) is 11.7 Å². The van der Waals surface area contributed by atoms with Gasteiger partial charge in [0.2, 0.25) is 11.0 Å². The van der Waals surface area contributed by atoms with Crippen LogP contribution in [0.25, 0.3) is 0 Å². The van der Waals surface area contributed by atoms with E-state index >= 15 is 0 Å². The second-order valence-corrected chi connectivity index (χ2v) is 7.65. The molecule has 1 atom stereocenters. The number of anilines is 1. The van der Waals surface area contributed by atoms with Crippen LogP contribution in [-0.4, -0.2) is 33.9 Å². The van der Waals surface area contributed by atoms with Crippen LogP contribution in [0, 0.1) is 11.8 Å². The van der Waals surface area contributed by atoms with Gasteiger partial charge < -0.3 is 11.1 Å². The number of primary amides is 1. The number of aromatic nitrogens is 2. The zero-order valence-corrected chi connectivity index (χ0v) is 14.2. The maximum atomic E-state index is 11.9. The molecule has 0 spiro atoms.